The summed E-state index contributed by atoms with van der Waals surface area (Å²) in [6.07, 6.45) is 0. The minimum atomic E-state index is -0.509. The smallest absolute Gasteiger partial charge is 0.258 e. The number of amides is 2. The molecule has 0 atom stereocenters. The predicted molar refractivity (Wildman–Crippen MR) is 101 cm³/mol. The summed E-state index contributed by atoms with van der Waals surface area (Å²) in [5.74, 6) is -1.11. The molecule has 1 heterocycles. The normalized spacial score (nSPS) is 10.4. The first-order chi connectivity index (χ1) is 12.4. The van der Waals surface area contributed by atoms with Crippen molar-refractivity contribution in [1.82, 2.24) is 4.98 Å². The van der Waals surface area contributed by atoms with Gasteiger partial charge in [0.2, 0.25) is 5.91 Å². The van der Waals surface area contributed by atoms with E-state index in [4.69, 9.17) is 11.6 Å². The van der Waals surface area contributed by atoms with Gasteiger partial charge in [0, 0.05) is 23.6 Å². The third-order valence-electron chi connectivity index (χ3n) is 3.40. The van der Waals surface area contributed by atoms with Crippen LogP contribution in [0.15, 0.2) is 47.8 Å². The Morgan fingerprint density at radius 2 is 1.85 bits per heavy atom. The first kappa shape index (κ1) is 18.0. The average molecular weight is 390 g/mol. The van der Waals surface area contributed by atoms with Crippen molar-refractivity contribution in [1.29, 1.82) is 0 Å². The molecule has 1 aromatic heterocycles. The van der Waals surface area contributed by atoms with Crippen LogP contribution in [0.5, 0.6) is 0 Å². The number of anilines is 2. The molecule has 3 aromatic rings. The molecule has 132 valence electrons. The van der Waals surface area contributed by atoms with Crippen molar-refractivity contribution in [2.75, 3.05) is 10.6 Å². The van der Waals surface area contributed by atoms with Crippen molar-refractivity contribution in [3.05, 3.63) is 64.2 Å². The number of benzene rings is 2. The molecule has 0 aliphatic rings. The van der Waals surface area contributed by atoms with Crippen molar-refractivity contribution in [2.45, 2.75) is 6.92 Å². The maximum atomic E-state index is 13.1. The quantitative estimate of drug-likeness (QED) is 0.672. The van der Waals surface area contributed by atoms with Gasteiger partial charge in [0.25, 0.3) is 5.91 Å². The molecule has 0 aliphatic heterocycles. The zero-order chi connectivity index (χ0) is 18.7. The van der Waals surface area contributed by atoms with Crippen molar-refractivity contribution >= 4 is 45.6 Å². The maximum Gasteiger partial charge on any atom is 0.258 e. The topological polar surface area (TPSA) is 71.1 Å². The van der Waals surface area contributed by atoms with Gasteiger partial charge in [-0.15, -0.1) is 11.3 Å². The van der Waals surface area contributed by atoms with E-state index in [1.165, 1.54) is 30.4 Å². The van der Waals surface area contributed by atoms with Crippen LogP contribution in [0.3, 0.4) is 0 Å². The molecule has 0 unspecified atom stereocenters. The maximum absolute atomic E-state index is 13.1. The van der Waals surface area contributed by atoms with Gasteiger partial charge < -0.3 is 5.32 Å². The van der Waals surface area contributed by atoms with Crippen LogP contribution in [0.25, 0.3) is 11.3 Å². The van der Waals surface area contributed by atoms with Gasteiger partial charge in [-0.25, -0.2) is 9.37 Å². The summed E-state index contributed by atoms with van der Waals surface area (Å²) < 4.78 is 13.1. The van der Waals surface area contributed by atoms with Crippen molar-refractivity contribution < 1.29 is 14.0 Å². The predicted octanol–water partition coefficient (Wildman–Crippen LogP) is 4.81. The molecule has 0 aliphatic carbocycles. The van der Waals surface area contributed by atoms with Gasteiger partial charge in [0.05, 0.1) is 16.3 Å². The number of carbonyl (C=O) groups is 2. The molecule has 2 amide bonds. The molecule has 5 nitrogen and oxygen atoms in total. The summed E-state index contributed by atoms with van der Waals surface area (Å²) >= 11 is 7.16. The largest absolute Gasteiger partial charge is 0.326 e. The first-order valence-electron chi connectivity index (χ1n) is 7.52. The molecular weight excluding hydrogens is 377 g/mol. The highest BCUT2D eigenvalue weighted by atomic mass is 35.5. The second-order valence-corrected chi connectivity index (χ2v) is 6.64. The van der Waals surface area contributed by atoms with Crippen LogP contribution in [0, 0.1) is 5.82 Å². The molecule has 0 saturated carbocycles. The highest BCUT2D eigenvalue weighted by Gasteiger charge is 2.13. The van der Waals surface area contributed by atoms with Gasteiger partial charge in [0.1, 0.15) is 5.82 Å². The van der Waals surface area contributed by atoms with Crippen LogP contribution >= 0.6 is 22.9 Å². The molecule has 8 heteroatoms. The Morgan fingerprint density at radius 1 is 1.12 bits per heavy atom. The fraction of sp³-hybridized carbons (Fsp3) is 0.0556. The van der Waals surface area contributed by atoms with Gasteiger partial charge in [-0.3, -0.25) is 14.9 Å². The molecule has 2 N–H and O–H groups in total. The van der Waals surface area contributed by atoms with Crippen LogP contribution in [-0.2, 0) is 4.79 Å². The number of carbonyl (C=O) groups excluding carboxylic acids is 2. The zero-order valence-electron chi connectivity index (χ0n) is 13.5. The summed E-state index contributed by atoms with van der Waals surface area (Å²) in [6, 6.07) is 10.8. The molecule has 0 saturated heterocycles. The van der Waals surface area contributed by atoms with E-state index in [2.05, 4.69) is 15.6 Å². The number of rotatable bonds is 4. The second kappa shape index (κ2) is 7.63. The Hall–Kier alpha value is -2.77. The lowest BCUT2D eigenvalue weighted by Gasteiger charge is -2.04. The van der Waals surface area contributed by atoms with Crippen molar-refractivity contribution in [3.8, 4) is 11.3 Å². The van der Waals surface area contributed by atoms with Gasteiger partial charge >= 0.3 is 0 Å². The summed E-state index contributed by atoms with van der Waals surface area (Å²) in [5, 5.41) is 7.58. The fourth-order valence-corrected chi connectivity index (χ4v) is 3.20. The minimum absolute atomic E-state index is 0.0350. The van der Waals surface area contributed by atoms with E-state index < -0.39 is 11.7 Å². The summed E-state index contributed by atoms with van der Waals surface area (Å²) in [4.78, 5) is 27.7. The monoisotopic (exact) mass is 389 g/mol. The molecule has 0 spiro atoms. The SMILES string of the molecule is CC(=O)Nc1ccc(-c2csc(NC(=O)c3ccc(F)cc3Cl)n2)cc1. The Balaban J connectivity index is 1.73. The van der Waals surface area contributed by atoms with Crippen molar-refractivity contribution in [3.63, 3.8) is 0 Å². The molecule has 3 rings (SSSR count). The van der Waals surface area contributed by atoms with E-state index in [9.17, 15) is 14.0 Å². The van der Waals surface area contributed by atoms with Crippen LogP contribution < -0.4 is 10.6 Å². The number of nitrogens with one attached hydrogen (secondary N) is 2. The fourth-order valence-electron chi connectivity index (χ4n) is 2.23. The van der Waals surface area contributed by atoms with E-state index in [0.717, 1.165) is 11.6 Å². The Kier molecular flexibility index (Phi) is 5.29. The molecule has 0 fully saturated rings. The Morgan fingerprint density at radius 3 is 2.50 bits per heavy atom. The highest BCUT2D eigenvalue weighted by Crippen LogP contribution is 2.27. The van der Waals surface area contributed by atoms with E-state index in [-0.39, 0.29) is 16.5 Å². The Labute approximate surface area is 157 Å². The summed E-state index contributed by atoms with van der Waals surface area (Å²) in [7, 11) is 0. The number of aromatic nitrogens is 1. The molecular formula is C18H13ClFN3O2S. The standard InChI is InChI=1S/C18H13ClFN3O2S/c1-10(24)21-13-5-2-11(3-6-13)16-9-26-18(22-16)23-17(25)14-7-4-12(20)8-15(14)19/h2-9H,1H3,(H,21,24)(H,22,23,25). The van der Waals surface area contributed by atoms with Gasteiger partial charge in [-0.2, -0.15) is 0 Å². The average Bonchev–Trinajstić information content (AvgIpc) is 3.03. The lowest BCUT2D eigenvalue weighted by Crippen LogP contribution is -2.12. The lowest BCUT2D eigenvalue weighted by molar-refractivity contribution is -0.114. The summed E-state index contributed by atoms with van der Waals surface area (Å²) in [6.45, 7) is 1.44. The number of thiazole rings is 1. The second-order valence-electron chi connectivity index (χ2n) is 5.37. The van der Waals surface area contributed by atoms with E-state index in [1.807, 2.05) is 12.1 Å². The molecule has 0 radical (unpaired) electrons. The lowest BCUT2D eigenvalue weighted by atomic mass is 10.1. The van der Waals surface area contributed by atoms with Crippen LogP contribution in [0.4, 0.5) is 15.2 Å². The number of hydrogen-bond acceptors (Lipinski definition) is 4. The Bertz CT molecular complexity index is 973. The van der Waals surface area contributed by atoms with Gasteiger partial charge in [0.15, 0.2) is 5.13 Å². The highest BCUT2D eigenvalue weighted by molar-refractivity contribution is 7.14. The number of halogens is 2. The van der Waals surface area contributed by atoms with E-state index in [0.29, 0.717) is 16.5 Å². The van der Waals surface area contributed by atoms with E-state index >= 15 is 0 Å². The van der Waals surface area contributed by atoms with Crippen molar-refractivity contribution in [2.24, 2.45) is 0 Å². The van der Waals surface area contributed by atoms with Crippen LogP contribution in [0.2, 0.25) is 5.02 Å². The van der Waals surface area contributed by atoms with Gasteiger partial charge in [-0.1, -0.05) is 23.7 Å². The zero-order valence-corrected chi connectivity index (χ0v) is 15.1. The number of nitrogens with zero attached hydrogens (tertiary/aromatic N) is 1. The molecule has 26 heavy (non-hydrogen) atoms. The van der Waals surface area contributed by atoms with Crippen LogP contribution in [-0.4, -0.2) is 16.8 Å². The summed E-state index contributed by atoms with van der Waals surface area (Å²) in [5.41, 5.74) is 2.39. The van der Waals surface area contributed by atoms with Crippen LogP contribution in [0.1, 0.15) is 17.3 Å². The first-order valence-corrected chi connectivity index (χ1v) is 8.78. The van der Waals surface area contributed by atoms with Gasteiger partial charge in [-0.05, 0) is 30.3 Å². The third-order valence-corrected chi connectivity index (χ3v) is 4.47. The molecule has 0 bridgehead atoms. The minimum Gasteiger partial charge on any atom is -0.326 e. The number of hydrogen-bond donors (Lipinski definition) is 2. The third kappa shape index (κ3) is 4.25. The van der Waals surface area contributed by atoms with E-state index in [1.54, 1.807) is 17.5 Å². The molecule has 2 aromatic carbocycles.